The number of rotatable bonds is 6. The van der Waals surface area contributed by atoms with Crippen LogP contribution in [0.15, 0.2) is 22.7 Å². The molecular weight excluding hydrogens is 340 g/mol. The van der Waals surface area contributed by atoms with E-state index >= 15 is 0 Å². The smallest absolute Gasteiger partial charge is 0.335 e. The summed E-state index contributed by atoms with van der Waals surface area (Å²) >= 11 is 3.25. The second kappa shape index (κ2) is 7.99. The number of anilines is 1. The highest BCUT2D eigenvalue weighted by Crippen LogP contribution is 2.24. The topological polar surface area (TPSA) is 89.9 Å². The van der Waals surface area contributed by atoms with Crippen molar-refractivity contribution in [2.75, 3.05) is 18.5 Å². The lowest BCUT2D eigenvalue weighted by atomic mass is 10.2. The molecule has 0 aliphatic carbocycles. The van der Waals surface area contributed by atoms with Crippen LogP contribution in [-0.4, -0.2) is 46.3 Å². The number of urea groups is 1. The number of halogens is 1. The average molecular weight is 359 g/mol. The third-order valence-corrected chi connectivity index (χ3v) is 3.56. The highest BCUT2D eigenvalue weighted by Gasteiger charge is 2.17. The van der Waals surface area contributed by atoms with Gasteiger partial charge in [0.15, 0.2) is 0 Å². The largest absolute Gasteiger partial charge is 0.478 e. The van der Waals surface area contributed by atoms with Crippen molar-refractivity contribution in [1.82, 2.24) is 4.90 Å². The van der Waals surface area contributed by atoms with Crippen molar-refractivity contribution in [2.24, 2.45) is 0 Å². The van der Waals surface area contributed by atoms with Gasteiger partial charge in [-0.25, -0.2) is 9.59 Å². The minimum atomic E-state index is -1.03. The van der Waals surface area contributed by atoms with Gasteiger partial charge in [0.25, 0.3) is 0 Å². The lowest BCUT2D eigenvalue weighted by molar-refractivity contribution is 0.0697. The Morgan fingerprint density at radius 2 is 2.05 bits per heavy atom. The number of nitrogens with one attached hydrogen (secondary N) is 1. The van der Waals surface area contributed by atoms with Gasteiger partial charge in [0.05, 0.1) is 11.3 Å². The van der Waals surface area contributed by atoms with Gasteiger partial charge in [0.2, 0.25) is 0 Å². The summed E-state index contributed by atoms with van der Waals surface area (Å²) < 4.78 is 0.501. The van der Waals surface area contributed by atoms with Crippen molar-refractivity contribution in [3.05, 3.63) is 28.2 Å². The van der Waals surface area contributed by atoms with E-state index in [1.165, 1.54) is 18.2 Å². The van der Waals surface area contributed by atoms with Crippen molar-refractivity contribution in [3.8, 4) is 0 Å². The third-order valence-electron chi connectivity index (χ3n) is 2.90. The molecule has 1 aromatic rings. The van der Waals surface area contributed by atoms with Crippen molar-refractivity contribution in [3.63, 3.8) is 0 Å². The van der Waals surface area contributed by atoms with Crippen LogP contribution >= 0.6 is 15.9 Å². The van der Waals surface area contributed by atoms with E-state index in [2.05, 4.69) is 21.2 Å². The Hall–Kier alpha value is -1.60. The fourth-order valence-corrected chi connectivity index (χ4v) is 2.25. The number of carbonyl (C=O) groups is 2. The summed E-state index contributed by atoms with van der Waals surface area (Å²) in [5.41, 5.74) is 0.639. The number of hydrogen-bond acceptors (Lipinski definition) is 3. The Morgan fingerprint density at radius 3 is 2.52 bits per heavy atom. The Morgan fingerprint density at radius 1 is 1.38 bits per heavy atom. The molecule has 0 bridgehead atoms. The molecule has 0 unspecified atom stereocenters. The summed E-state index contributed by atoms with van der Waals surface area (Å²) in [6.45, 7) is 4.25. The van der Waals surface area contributed by atoms with Gasteiger partial charge in [0, 0.05) is 23.7 Å². The molecule has 0 spiro atoms. The van der Waals surface area contributed by atoms with Gasteiger partial charge in [-0.15, -0.1) is 0 Å². The Balaban J connectivity index is 2.83. The molecule has 3 N–H and O–H groups in total. The molecule has 1 rings (SSSR count). The number of aliphatic hydroxyl groups excluding tert-OH is 1. The van der Waals surface area contributed by atoms with Gasteiger partial charge in [-0.2, -0.15) is 0 Å². The zero-order chi connectivity index (χ0) is 16.0. The van der Waals surface area contributed by atoms with Gasteiger partial charge >= 0.3 is 12.0 Å². The van der Waals surface area contributed by atoms with Crippen molar-refractivity contribution >= 4 is 33.6 Å². The highest BCUT2D eigenvalue weighted by molar-refractivity contribution is 9.10. The number of carboxylic acids is 1. The standard InChI is InChI=1S/C14H19BrN2O4/c1-9(2)17(6-3-7-18)14(21)16-12-5-4-10(13(19)20)8-11(12)15/h4-5,8-9,18H,3,6-7H2,1-2H3,(H,16,21)(H,19,20). The molecule has 2 amide bonds. The van der Waals surface area contributed by atoms with Gasteiger partial charge in [-0.05, 0) is 54.4 Å². The average Bonchev–Trinajstić information content (AvgIpc) is 2.40. The molecule has 0 fully saturated rings. The molecule has 0 saturated carbocycles. The fraction of sp³-hybridized carbons (Fsp3) is 0.429. The molecule has 0 saturated heterocycles. The predicted octanol–water partition coefficient (Wildman–Crippen LogP) is 2.77. The molecule has 0 radical (unpaired) electrons. The number of carbonyl (C=O) groups excluding carboxylic acids is 1. The molecular formula is C14H19BrN2O4. The zero-order valence-electron chi connectivity index (χ0n) is 12.0. The molecule has 1 aromatic carbocycles. The summed E-state index contributed by atoms with van der Waals surface area (Å²) in [6, 6.07) is 4.10. The van der Waals surface area contributed by atoms with Crippen molar-refractivity contribution < 1.29 is 19.8 Å². The van der Waals surface area contributed by atoms with Crippen molar-refractivity contribution in [2.45, 2.75) is 26.3 Å². The number of aliphatic hydroxyl groups is 1. The summed E-state index contributed by atoms with van der Waals surface area (Å²) in [5.74, 6) is -1.03. The number of aromatic carboxylic acids is 1. The van der Waals surface area contributed by atoms with Crippen LogP contribution in [0.3, 0.4) is 0 Å². The predicted molar refractivity (Wildman–Crippen MR) is 83.7 cm³/mol. The Labute approximate surface area is 131 Å². The molecule has 21 heavy (non-hydrogen) atoms. The second-order valence-corrected chi connectivity index (χ2v) is 5.65. The Bertz CT molecular complexity index is 520. The van der Waals surface area contributed by atoms with Crippen molar-refractivity contribution in [1.29, 1.82) is 0 Å². The van der Waals surface area contributed by atoms with E-state index < -0.39 is 5.97 Å². The normalized spacial score (nSPS) is 10.5. The van der Waals surface area contributed by atoms with Crippen LogP contribution in [0.2, 0.25) is 0 Å². The second-order valence-electron chi connectivity index (χ2n) is 4.79. The van der Waals surface area contributed by atoms with Crippen LogP contribution in [0.5, 0.6) is 0 Å². The van der Waals surface area contributed by atoms with Crippen LogP contribution in [-0.2, 0) is 0 Å². The SMILES string of the molecule is CC(C)N(CCCO)C(=O)Nc1ccc(C(=O)O)cc1Br. The van der Waals surface area contributed by atoms with Gasteiger partial charge in [-0.1, -0.05) is 0 Å². The number of carboxylic acid groups (broad SMARTS) is 1. The summed E-state index contributed by atoms with van der Waals surface area (Å²) in [6.07, 6.45) is 0.505. The first kappa shape index (κ1) is 17.5. The zero-order valence-corrected chi connectivity index (χ0v) is 13.6. The molecule has 0 aromatic heterocycles. The van der Waals surface area contributed by atoms with E-state index in [0.29, 0.717) is 23.1 Å². The summed E-state index contributed by atoms with van der Waals surface area (Å²) in [7, 11) is 0. The number of amides is 2. The maximum atomic E-state index is 12.2. The molecule has 0 aliphatic heterocycles. The monoisotopic (exact) mass is 358 g/mol. The van der Waals surface area contributed by atoms with E-state index in [-0.39, 0.29) is 24.2 Å². The lowest BCUT2D eigenvalue weighted by Crippen LogP contribution is -2.41. The molecule has 0 heterocycles. The third kappa shape index (κ3) is 5.02. The maximum Gasteiger partial charge on any atom is 0.335 e. The number of nitrogens with zero attached hydrogens (tertiary/aromatic N) is 1. The van der Waals surface area contributed by atoms with E-state index in [1.54, 1.807) is 4.90 Å². The van der Waals surface area contributed by atoms with Crippen LogP contribution in [0.4, 0.5) is 10.5 Å². The first-order valence-electron chi connectivity index (χ1n) is 6.58. The molecule has 116 valence electrons. The van der Waals surface area contributed by atoms with Crippen LogP contribution in [0.25, 0.3) is 0 Å². The molecule has 0 aliphatic rings. The van der Waals surface area contributed by atoms with Crippen LogP contribution < -0.4 is 5.32 Å². The first-order chi connectivity index (χ1) is 9.86. The fourth-order valence-electron chi connectivity index (χ4n) is 1.77. The lowest BCUT2D eigenvalue weighted by Gasteiger charge is -2.27. The number of hydrogen-bond donors (Lipinski definition) is 3. The van der Waals surface area contributed by atoms with Gasteiger partial charge in [-0.3, -0.25) is 0 Å². The first-order valence-corrected chi connectivity index (χ1v) is 7.37. The summed E-state index contributed by atoms with van der Waals surface area (Å²) in [4.78, 5) is 24.7. The number of benzene rings is 1. The molecule has 6 nitrogen and oxygen atoms in total. The molecule has 7 heteroatoms. The highest BCUT2D eigenvalue weighted by atomic mass is 79.9. The van der Waals surface area contributed by atoms with Crippen LogP contribution in [0, 0.1) is 0 Å². The quantitative estimate of drug-likeness (QED) is 0.729. The summed E-state index contributed by atoms with van der Waals surface area (Å²) in [5, 5.41) is 20.5. The van der Waals surface area contributed by atoms with Crippen LogP contribution in [0.1, 0.15) is 30.6 Å². The van der Waals surface area contributed by atoms with E-state index in [4.69, 9.17) is 10.2 Å². The molecule has 0 atom stereocenters. The maximum absolute atomic E-state index is 12.2. The minimum absolute atomic E-state index is 0.00591. The van der Waals surface area contributed by atoms with E-state index in [0.717, 1.165) is 0 Å². The van der Waals surface area contributed by atoms with E-state index in [9.17, 15) is 9.59 Å². The van der Waals surface area contributed by atoms with Gasteiger partial charge < -0.3 is 20.4 Å². The Kier molecular flexibility index (Phi) is 6.64. The van der Waals surface area contributed by atoms with Gasteiger partial charge in [0.1, 0.15) is 0 Å². The van der Waals surface area contributed by atoms with E-state index in [1.807, 2.05) is 13.8 Å². The minimum Gasteiger partial charge on any atom is -0.478 e.